The molecule has 2 aliphatic heterocycles. The van der Waals surface area contributed by atoms with Crippen LogP contribution in [0.15, 0.2) is 83.0 Å². The number of fused-ring (bicyclic) bond motifs is 1. The predicted octanol–water partition coefficient (Wildman–Crippen LogP) is 6.72. The number of rotatable bonds is 6. The number of aryl methyl sites for hydroxylation is 2. The third kappa shape index (κ3) is 5.99. The number of amides is 3. The predicted molar refractivity (Wildman–Crippen MR) is 163 cm³/mol. The molecule has 3 N–H and O–H groups in total. The number of methoxy groups -OCH3 is 1. The van der Waals surface area contributed by atoms with Crippen molar-refractivity contribution in [3.05, 3.63) is 94.7 Å². The van der Waals surface area contributed by atoms with E-state index in [9.17, 15) is 9.59 Å². The zero-order valence-electron chi connectivity index (χ0n) is 23.1. The van der Waals surface area contributed by atoms with Gasteiger partial charge in [-0.25, -0.2) is 9.79 Å². The lowest BCUT2D eigenvalue weighted by Crippen LogP contribution is -2.43. The number of hydrogen-bond donors (Lipinski definition) is 3. The fourth-order valence-corrected chi connectivity index (χ4v) is 5.99. The first-order valence-electron chi connectivity index (χ1n) is 13.2. The number of anilines is 3. The average Bonchev–Trinajstić information content (AvgIpc) is 2.94. The van der Waals surface area contributed by atoms with Gasteiger partial charge in [-0.05, 0) is 80.8 Å². The number of ether oxygens (including phenoxy) is 1. The van der Waals surface area contributed by atoms with Crippen molar-refractivity contribution in [1.82, 2.24) is 4.90 Å². The third-order valence-electron chi connectivity index (χ3n) is 6.97. The molecule has 0 aliphatic carbocycles. The van der Waals surface area contributed by atoms with Crippen molar-refractivity contribution in [3.8, 4) is 5.75 Å². The first-order valence-corrected chi connectivity index (χ1v) is 14.2. The summed E-state index contributed by atoms with van der Waals surface area (Å²) in [4.78, 5) is 33.3. The summed E-state index contributed by atoms with van der Waals surface area (Å²) in [5.41, 5.74) is 6.52. The minimum absolute atomic E-state index is 0.193. The van der Waals surface area contributed by atoms with E-state index in [4.69, 9.17) is 9.73 Å². The van der Waals surface area contributed by atoms with E-state index in [1.54, 1.807) is 18.9 Å². The van der Waals surface area contributed by atoms with E-state index in [1.807, 2.05) is 87.5 Å². The summed E-state index contributed by atoms with van der Waals surface area (Å²) >= 11 is 1.72. The van der Waals surface area contributed by atoms with Gasteiger partial charge < -0.3 is 25.6 Å². The smallest absolute Gasteiger partial charge is 0.323 e. The van der Waals surface area contributed by atoms with Gasteiger partial charge in [0.1, 0.15) is 5.75 Å². The summed E-state index contributed by atoms with van der Waals surface area (Å²) in [5.74, 6) is 1.53. The lowest BCUT2D eigenvalue weighted by atomic mass is 9.93. The summed E-state index contributed by atoms with van der Waals surface area (Å²) in [5, 5.41) is 9.80. The zero-order chi connectivity index (χ0) is 28.2. The number of nitrogens with zero attached hydrogens (tertiary/aromatic N) is 2. The van der Waals surface area contributed by atoms with Gasteiger partial charge in [0.25, 0.3) is 5.91 Å². The van der Waals surface area contributed by atoms with Crippen LogP contribution in [0.4, 0.5) is 21.9 Å². The van der Waals surface area contributed by atoms with Crippen molar-refractivity contribution in [1.29, 1.82) is 0 Å². The van der Waals surface area contributed by atoms with Crippen LogP contribution >= 0.6 is 11.8 Å². The molecule has 0 spiro atoms. The first kappa shape index (κ1) is 27.3. The van der Waals surface area contributed by atoms with Gasteiger partial charge in [0.15, 0.2) is 5.17 Å². The van der Waals surface area contributed by atoms with Gasteiger partial charge in [-0.15, -0.1) is 0 Å². The van der Waals surface area contributed by atoms with Crippen molar-refractivity contribution >= 4 is 45.9 Å². The molecule has 0 saturated carbocycles. The minimum atomic E-state index is -0.311. The summed E-state index contributed by atoms with van der Waals surface area (Å²) in [6.07, 6.45) is 1.00. The van der Waals surface area contributed by atoms with Gasteiger partial charge in [-0.2, -0.15) is 0 Å². The molecule has 5 rings (SSSR count). The molecule has 0 aromatic heterocycles. The number of amidine groups is 1. The van der Waals surface area contributed by atoms with Gasteiger partial charge in [0.2, 0.25) is 0 Å². The topological polar surface area (TPSA) is 95.1 Å². The largest absolute Gasteiger partial charge is 0.497 e. The van der Waals surface area contributed by atoms with Crippen molar-refractivity contribution in [2.45, 2.75) is 33.2 Å². The number of benzene rings is 3. The van der Waals surface area contributed by atoms with Crippen molar-refractivity contribution in [2.24, 2.45) is 4.99 Å². The molecule has 206 valence electrons. The Hall–Kier alpha value is -4.24. The molecule has 1 saturated heterocycles. The number of urea groups is 1. The molecule has 3 aromatic rings. The van der Waals surface area contributed by atoms with E-state index in [-0.39, 0.29) is 18.0 Å². The number of thioether (sulfide) groups is 1. The van der Waals surface area contributed by atoms with Crippen LogP contribution in [-0.4, -0.2) is 41.4 Å². The Labute approximate surface area is 238 Å². The Bertz CT molecular complexity index is 1480. The van der Waals surface area contributed by atoms with Crippen LogP contribution in [0.1, 0.15) is 36.1 Å². The Morgan fingerprint density at radius 3 is 2.33 bits per heavy atom. The summed E-state index contributed by atoms with van der Waals surface area (Å²) < 4.78 is 5.24. The van der Waals surface area contributed by atoms with Gasteiger partial charge in [-0.1, -0.05) is 41.6 Å². The number of aliphatic imine (C=N–C) groups is 1. The molecule has 0 radical (unpaired) electrons. The number of carbonyl (C=O) groups excluding carboxylic acids is 2. The van der Waals surface area contributed by atoms with Crippen LogP contribution in [-0.2, 0) is 4.79 Å². The van der Waals surface area contributed by atoms with Crippen molar-refractivity contribution < 1.29 is 14.3 Å². The van der Waals surface area contributed by atoms with Gasteiger partial charge in [-0.3, -0.25) is 4.79 Å². The van der Waals surface area contributed by atoms with Crippen LogP contribution in [0, 0.1) is 13.8 Å². The van der Waals surface area contributed by atoms with E-state index in [0.717, 1.165) is 52.0 Å². The highest BCUT2D eigenvalue weighted by molar-refractivity contribution is 8.13. The van der Waals surface area contributed by atoms with E-state index < -0.39 is 0 Å². The zero-order valence-corrected chi connectivity index (χ0v) is 23.9. The van der Waals surface area contributed by atoms with Crippen molar-refractivity contribution in [3.63, 3.8) is 0 Å². The molecular weight excluding hydrogens is 522 g/mol. The maximum absolute atomic E-state index is 13.7. The molecular formula is C31H33N5O3S. The SMILES string of the molecule is COc1ccc(NC(=O)C2=C(C)N=C3SCCCN3C2c2ccc(NC(=O)Nc3ccc(C)cc3C)cc2)cc1. The van der Waals surface area contributed by atoms with Gasteiger partial charge in [0.05, 0.1) is 24.4 Å². The van der Waals surface area contributed by atoms with Crippen LogP contribution in [0.3, 0.4) is 0 Å². The molecule has 2 heterocycles. The maximum Gasteiger partial charge on any atom is 0.323 e. The normalized spacial score (nSPS) is 16.6. The number of hydrogen-bond acceptors (Lipinski definition) is 6. The number of allylic oxidation sites excluding steroid dienone is 1. The molecule has 40 heavy (non-hydrogen) atoms. The lowest BCUT2D eigenvalue weighted by Gasteiger charge is -2.41. The molecule has 3 amide bonds. The highest BCUT2D eigenvalue weighted by Crippen LogP contribution is 2.40. The highest BCUT2D eigenvalue weighted by atomic mass is 32.2. The molecule has 8 nitrogen and oxygen atoms in total. The monoisotopic (exact) mass is 555 g/mol. The lowest BCUT2D eigenvalue weighted by molar-refractivity contribution is -0.113. The van der Waals surface area contributed by atoms with Crippen LogP contribution in [0.5, 0.6) is 5.75 Å². The second kappa shape index (κ2) is 11.9. The van der Waals surface area contributed by atoms with Crippen molar-refractivity contribution in [2.75, 3.05) is 35.4 Å². The quantitative estimate of drug-likeness (QED) is 0.314. The summed E-state index contributed by atoms with van der Waals surface area (Å²) in [7, 11) is 1.61. The third-order valence-corrected chi connectivity index (χ3v) is 8.04. The fourth-order valence-electron chi connectivity index (χ4n) is 4.97. The molecule has 1 fully saturated rings. The molecule has 9 heteroatoms. The number of carbonyl (C=O) groups is 2. The maximum atomic E-state index is 13.7. The highest BCUT2D eigenvalue weighted by Gasteiger charge is 2.37. The molecule has 0 bridgehead atoms. The van der Waals surface area contributed by atoms with Gasteiger partial charge >= 0.3 is 6.03 Å². The van der Waals surface area contributed by atoms with Crippen LogP contribution in [0.25, 0.3) is 0 Å². The molecule has 1 unspecified atom stereocenters. The second-order valence-corrected chi connectivity index (χ2v) is 11.0. The Morgan fingerprint density at radius 1 is 0.925 bits per heavy atom. The van der Waals surface area contributed by atoms with E-state index in [1.165, 1.54) is 0 Å². The molecule has 3 aromatic carbocycles. The average molecular weight is 556 g/mol. The standard InChI is InChI=1S/C31H33N5O3S/c1-19-6-15-26(20(2)18-19)35-30(38)34-24-9-7-22(8-10-24)28-27(21(3)32-31-36(28)16-5-17-40-31)29(37)33-23-11-13-25(39-4)14-12-23/h6-15,18,28H,5,16-17H2,1-4H3,(H,33,37)(H2,34,35,38). The minimum Gasteiger partial charge on any atom is -0.497 e. The molecule has 1 atom stereocenters. The number of nitrogens with one attached hydrogen (secondary N) is 3. The fraction of sp³-hybridized carbons (Fsp3) is 0.258. The Morgan fingerprint density at radius 2 is 1.62 bits per heavy atom. The summed E-state index contributed by atoms with van der Waals surface area (Å²) in [6, 6.07) is 20.2. The second-order valence-electron chi connectivity index (χ2n) is 9.89. The van der Waals surface area contributed by atoms with E-state index in [2.05, 4.69) is 20.9 Å². The van der Waals surface area contributed by atoms with E-state index in [0.29, 0.717) is 22.6 Å². The van der Waals surface area contributed by atoms with Crippen LogP contribution in [0.2, 0.25) is 0 Å². The summed E-state index contributed by atoms with van der Waals surface area (Å²) in [6.45, 7) is 6.69. The van der Waals surface area contributed by atoms with Crippen LogP contribution < -0.4 is 20.7 Å². The van der Waals surface area contributed by atoms with E-state index >= 15 is 0 Å². The van der Waals surface area contributed by atoms with Gasteiger partial charge in [0, 0.05) is 29.4 Å². The molecule has 2 aliphatic rings. The Kier molecular flexibility index (Phi) is 8.11. The Balaban J connectivity index is 1.37. The first-order chi connectivity index (χ1) is 19.3.